The van der Waals surface area contributed by atoms with E-state index in [2.05, 4.69) is 11.2 Å². The molecule has 0 unspecified atom stereocenters. The van der Waals surface area contributed by atoms with Gasteiger partial charge in [0.05, 0.1) is 6.20 Å². The minimum absolute atomic E-state index is 0.221. The predicted molar refractivity (Wildman–Crippen MR) is 40.5 cm³/mol. The number of rotatable bonds is 0. The summed E-state index contributed by atoms with van der Waals surface area (Å²) < 4.78 is 12.9. The maximum absolute atomic E-state index is 12.9. The van der Waals surface area contributed by atoms with Gasteiger partial charge in [0, 0.05) is 17.0 Å². The van der Waals surface area contributed by atoms with Gasteiger partial charge in [0.25, 0.3) is 0 Å². The maximum Gasteiger partial charge on any atom is 0.131 e. The van der Waals surface area contributed by atoms with Crippen molar-refractivity contribution in [1.82, 2.24) is 4.98 Å². The summed E-state index contributed by atoms with van der Waals surface area (Å²) in [6, 6.07) is 6.46. The van der Waals surface area contributed by atoms with E-state index in [1.54, 1.807) is 18.3 Å². The number of pyridine rings is 1. The third kappa shape index (κ3) is 0.963. The fourth-order valence-corrected chi connectivity index (χ4v) is 1.03. The van der Waals surface area contributed by atoms with Gasteiger partial charge < -0.3 is 0 Å². The molecule has 1 aromatic carbocycles. The minimum Gasteiger partial charge on any atom is -0.254 e. The molecular formula is C9H5FN. The van der Waals surface area contributed by atoms with Crippen LogP contribution in [0.2, 0.25) is 0 Å². The first-order valence-corrected chi connectivity index (χ1v) is 3.28. The minimum atomic E-state index is -0.221. The molecule has 1 heterocycles. The van der Waals surface area contributed by atoms with Crippen molar-refractivity contribution in [2.75, 3.05) is 0 Å². The maximum atomic E-state index is 12.9. The third-order valence-corrected chi connectivity index (χ3v) is 1.57. The summed E-state index contributed by atoms with van der Waals surface area (Å²) >= 11 is 0. The molecule has 0 atom stereocenters. The Morgan fingerprint density at radius 3 is 3.09 bits per heavy atom. The van der Waals surface area contributed by atoms with Gasteiger partial charge in [-0.2, -0.15) is 0 Å². The predicted octanol–water partition coefficient (Wildman–Crippen LogP) is 2.17. The Morgan fingerprint density at radius 2 is 2.27 bits per heavy atom. The summed E-state index contributed by atoms with van der Waals surface area (Å²) in [5, 5.41) is 1.38. The van der Waals surface area contributed by atoms with E-state index in [1.807, 2.05) is 6.07 Å². The van der Waals surface area contributed by atoms with Crippen molar-refractivity contribution in [1.29, 1.82) is 0 Å². The topological polar surface area (TPSA) is 12.9 Å². The molecule has 1 nitrogen and oxygen atoms in total. The molecule has 0 amide bonds. The summed E-state index contributed by atoms with van der Waals surface area (Å²) in [5.41, 5.74) is 0. The summed E-state index contributed by atoms with van der Waals surface area (Å²) in [7, 11) is 0. The van der Waals surface area contributed by atoms with E-state index < -0.39 is 0 Å². The molecule has 0 saturated carbocycles. The van der Waals surface area contributed by atoms with Gasteiger partial charge in [0.2, 0.25) is 0 Å². The first-order chi connectivity index (χ1) is 5.38. The fraction of sp³-hybridized carbons (Fsp3) is 0. The average Bonchev–Trinajstić information content (AvgIpc) is 2.06. The SMILES string of the molecule is Fc1cccc2cn[c]cc12. The van der Waals surface area contributed by atoms with Crippen LogP contribution in [-0.2, 0) is 0 Å². The molecule has 1 radical (unpaired) electrons. The molecule has 0 fully saturated rings. The molecule has 0 aliphatic heterocycles. The van der Waals surface area contributed by atoms with Gasteiger partial charge in [-0.15, -0.1) is 0 Å². The Bertz CT molecular complexity index is 379. The van der Waals surface area contributed by atoms with Crippen LogP contribution in [0.4, 0.5) is 4.39 Å². The largest absolute Gasteiger partial charge is 0.254 e. The Labute approximate surface area is 63.5 Å². The number of hydrogen-bond acceptors (Lipinski definition) is 1. The molecule has 0 aliphatic rings. The van der Waals surface area contributed by atoms with E-state index in [-0.39, 0.29) is 5.82 Å². The highest BCUT2D eigenvalue weighted by atomic mass is 19.1. The molecule has 0 spiro atoms. The lowest BCUT2D eigenvalue weighted by atomic mass is 10.2. The second-order valence-corrected chi connectivity index (χ2v) is 2.27. The van der Waals surface area contributed by atoms with Crippen LogP contribution in [0.15, 0.2) is 30.5 Å². The zero-order valence-electron chi connectivity index (χ0n) is 5.71. The standard InChI is InChI=1S/C9H5FN/c10-9-3-1-2-7-6-11-5-4-8(7)9/h1-4,6H. The summed E-state index contributed by atoms with van der Waals surface area (Å²) in [4.78, 5) is 3.76. The number of benzene rings is 1. The second kappa shape index (κ2) is 2.31. The average molecular weight is 146 g/mol. The lowest BCUT2D eigenvalue weighted by Crippen LogP contribution is -1.79. The quantitative estimate of drug-likeness (QED) is 0.555. The van der Waals surface area contributed by atoms with Gasteiger partial charge in [-0.05, 0) is 12.1 Å². The highest BCUT2D eigenvalue weighted by Gasteiger charge is 1.96. The van der Waals surface area contributed by atoms with E-state index in [0.29, 0.717) is 5.39 Å². The van der Waals surface area contributed by atoms with Gasteiger partial charge >= 0.3 is 0 Å². The molecule has 11 heavy (non-hydrogen) atoms. The van der Waals surface area contributed by atoms with Crippen LogP contribution >= 0.6 is 0 Å². The zero-order chi connectivity index (χ0) is 7.68. The van der Waals surface area contributed by atoms with E-state index >= 15 is 0 Å². The smallest absolute Gasteiger partial charge is 0.131 e. The van der Waals surface area contributed by atoms with Crippen molar-refractivity contribution in [2.24, 2.45) is 0 Å². The number of fused-ring (bicyclic) bond motifs is 1. The van der Waals surface area contributed by atoms with Gasteiger partial charge in [-0.1, -0.05) is 12.1 Å². The Kier molecular flexibility index (Phi) is 1.32. The number of hydrogen-bond donors (Lipinski definition) is 0. The number of halogens is 1. The molecule has 0 bridgehead atoms. The number of aromatic nitrogens is 1. The molecule has 0 aliphatic carbocycles. The Balaban J connectivity index is 2.91. The molecule has 53 valence electrons. The van der Waals surface area contributed by atoms with Crippen LogP contribution in [0.1, 0.15) is 0 Å². The van der Waals surface area contributed by atoms with Gasteiger partial charge in [0.1, 0.15) is 5.82 Å². The highest BCUT2D eigenvalue weighted by molar-refractivity contribution is 5.81. The first kappa shape index (κ1) is 6.28. The molecule has 2 aromatic rings. The van der Waals surface area contributed by atoms with Crippen LogP contribution < -0.4 is 0 Å². The van der Waals surface area contributed by atoms with Crippen molar-refractivity contribution in [3.63, 3.8) is 0 Å². The van der Waals surface area contributed by atoms with E-state index in [4.69, 9.17) is 0 Å². The van der Waals surface area contributed by atoms with Crippen molar-refractivity contribution in [3.05, 3.63) is 42.5 Å². The summed E-state index contributed by atoms with van der Waals surface area (Å²) in [5.74, 6) is -0.221. The van der Waals surface area contributed by atoms with Crippen molar-refractivity contribution >= 4 is 10.8 Å². The lowest BCUT2D eigenvalue weighted by molar-refractivity contribution is 0.640. The fourth-order valence-electron chi connectivity index (χ4n) is 1.03. The van der Waals surface area contributed by atoms with Crippen molar-refractivity contribution in [2.45, 2.75) is 0 Å². The molecule has 0 saturated heterocycles. The van der Waals surface area contributed by atoms with Crippen molar-refractivity contribution in [3.8, 4) is 0 Å². The zero-order valence-corrected chi connectivity index (χ0v) is 5.71. The Hall–Kier alpha value is -1.44. The number of nitrogens with zero attached hydrogens (tertiary/aromatic N) is 1. The molecule has 2 rings (SSSR count). The van der Waals surface area contributed by atoms with Crippen LogP contribution in [-0.4, -0.2) is 4.98 Å². The Morgan fingerprint density at radius 1 is 1.36 bits per heavy atom. The normalized spacial score (nSPS) is 10.3. The van der Waals surface area contributed by atoms with E-state index in [9.17, 15) is 4.39 Å². The van der Waals surface area contributed by atoms with Crippen molar-refractivity contribution < 1.29 is 4.39 Å². The molecule has 2 heteroatoms. The summed E-state index contributed by atoms with van der Waals surface area (Å²) in [6.07, 6.45) is 4.18. The highest BCUT2D eigenvalue weighted by Crippen LogP contribution is 2.14. The third-order valence-electron chi connectivity index (χ3n) is 1.57. The first-order valence-electron chi connectivity index (χ1n) is 3.28. The molecule has 1 aromatic heterocycles. The van der Waals surface area contributed by atoms with Gasteiger partial charge in [-0.25, -0.2) is 4.39 Å². The molecule has 0 N–H and O–H groups in total. The van der Waals surface area contributed by atoms with E-state index in [0.717, 1.165) is 5.39 Å². The van der Waals surface area contributed by atoms with Gasteiger partial charge in [0.15, 0.2) is 0 Å². The van der Waals surface area contributed by atoms with E-state index in [1.165, 1.54) is 6.07 Å². The molecular weight excluding hydrogens is 141 g/mol. The van der Waals surface area contributed by atoms with Crippen LogP contribution in [0.5, 0.6) is 0 Å². The lowest BCUT2D eigenvalue weighted by Gasteiger charge is -1.94. The van der Waals surface area contributed by atoms with Crippen LogP contribution in [0.3, 0.4) is 0 Å². The van der Waals surface area contributed by atoms with Crippen LogP contribution in [0, 0.1) is 12.0 Å². The van der Waals surface area contributed by atoms with Crippen LogP contribution in [0.25, 0.3) is 10.8 Å². The monoisotopic (exact) mass is 146 g/mol. The summed E-state index contributed by atoms with van der Waals surface area (Å²) in [6.45, 7) is 0. The van der Waals surface area contributed by atoms with Gasteiger partial charge in [-0.3, -0.25) is 4.98 Å². The second-order valence-electron chi connectivity index (χ2n) is 2.27.